The molecule has 1 N–H and O–H groups in total. The lowest BCUT2D eigenvalue weighted by Gasteiger charge is -2.30. The number of hydrogen-bond acceptors (Lipinski definition) is 1. The first-order chi connectivity index (χ1) is 9.90. The molecule has 21 heavy (non-hydrogen) atoms. The van der Waals surface area contributed by atoms with Crippen molar-refractivity contribution in [3.05, 3.63) is 71.8 Å². The Morgan fingerprint density at radius 3 is 1.57 bits per heavy atom. The maximum absolute atomic E-state index is 3.63. The van der Waals surface area contributed by atoms with Crippen LogP contribution in [-0.4, -0.2) is 13.1 Å². The molecular weight excluding hydrogens is 278 g/mol. The Morgan fingerprint density at radius 1 is 0.714 bits per heavy atom. The first-order valence-electron chi connectivity index (χ1n) is 7.69. The standard InChI is InChI=1S/C19H23N.ClH/c1-3-7-16(8-4-1)11-18-13-19(15-20-14-18)12-17-9-5-2-6-10-17;/h1-10,18-20H,11-15H2;1H. The first-order valence-corrected chi connectivity index (χ1v) is 7.69. The van der Waals surface area contributed by atoms with Crippen LogP contribution in [0.5, 0.6) is 0 Å². The van der Waals surface area contributed by atoms with Gasteiger partial charge in [0, 0.05) is 0 Å². The van der Waals surface area contributed by atoms with Gasteiger partial charge in [-0.3, -0.25) is 0 Å². The summed E-state index contributed by atoms with van der Waals surface area (Å²) in [6.45, 7) is 2.33. The molecule has 0 amide bonds. The predicted octanol–water partition coefficient (Wildman–Crippen LogP) is 4.12. The van der Waals surface area contributed by atoms with Crippen LogP contribution >= 0.6 is 12.4 Å². The molecule has 1 heterocycles. The molecule has 1 saturated heterocycles. The van der Waals surface area contributed by atoms with Crippen molar-refractivity contribution in [2.24, 2.45) is 11.8 Å². The number of nitrogens with one attached hydrogen (secondary N) is 1. The summed E-state index contributed by atoms with van der Waals surface area (Å²) in [6.07, 6.45) is 3.76. The van der Waals surface area contributed by atoms with Gasteiger partial charge < -0.3 is 5.32 Å². The lowest BCUT2D eigenvalue weighted by Crippen LogP contribution is -2.38. The fourth-order valence-corrected chi connectivity index (χ4v) is 3.34. The summed E-state index contributed by atoms with van der Waals surface area (Å²) in [4.78, 5) is 0. The zero-order valence-corrected chi connectivity index (χ0v) is 13.2. The Kier molecular flexibility index (Phi) is 6.28. The van der Waals surface area contributed by atoms with Crippen LogP contribution in [-0.2, 0) is 12.8 Å². The van der Waals surface area contributed by atoms with Gasteiger partial charge in [0.1, 0.15) is 0 Å². The average Bonchev–Trinajstić information content (AvgIpc) is 2.50. The predicted molar refractivity (Wildman–Crippen MR) is 92.0 cm³/mol. The van der Waals surface area contributed by atoms with E-state index in [2.05, 4.69) is 66.0 Å². The van der Waals surface area contributed by atoms with Crippen molar-refractivity contribution < 1.29 is 0 Å². The van der Waals surface area contributed by atoms with E-state index in [1.54, 1.807) is 0 Å². The maximum Gasteiger partial charge on any atom is -0.00171 e. The fourth-order valence-electron chi connectivity index (χ4n) is 3.34. The van der Waals surface area contributed by atoms with Gasteiger partial charge in [0.15, 0.2) is 0 Å². The van der Waals surface area contributed by atoms with Crippen molar-refractivity contribution in [3.8, 4) is 0 Å². The average molecular weight is 302 g/mol. The lowest BCUT2D eigenvalue weighted by molar-refractivity contribution is 0.283. The van der Waals surface area contributed by atoms with Crippen molar-refractivity contribution in [1.82, 2.24) is 5.32 Å². The second-order valence-electron chi connectivity index (χ2n) is 6.01. The van der Waals surface area contributed by atoms with Gasteiger partial charge in [-0.25, -0.2) is 0 Å². The summed E-state index contributed by atoms with van der Waals surface area (Å²) >= 11 is 0. The lowest BCUT2D eigenvalue weighted by atomic mass is 9.83. The number of benzene rings is 2. The van der Waals surface area contributed by atoms with Gasteiger partial charge in [-0.2, -0.15) is 0 Å². The molecule has 1 nitrogen and oxygen atoms in total. The third-order valence-electron chi connectivity index (χ3n) is 4.27. The molecular formula is C19H24ClN. The highest BCUT2D eigenvalue weighted by Crippen LogP contribution is 2.23. The van der Waals surface area contributed by atoms with Crippen molar-refractivity contribution in [3.63, 3.8) is 0 Å². The number of rotatable bonds is 4. The minimum Gasteiger partial charge on any atom is -0.316 e. The van der Waals surface area contributed by atoms with Crippen molar-refractivity contribution >= 4 is 12.4 Å². The highest BCUT2D eigenvalue weighted by molar-refractivity contribution is 5.85. The van der Waals surface area contributed by atoms with Crippen LogP contribution in [0.15, 0.2) is 60.7 Å². The van der Waals surface area contributed by atoms with Crippen LogP contribution in [0.1, 0.15) is 17.5 Å². The highest BCUT2D eigenvalue weighted by atomic mass is 35.5. The van der Waals surface area contributed by atoms with Gasteiger partial charge in [0.05, 0.1) is 0 Å². The molecule has 1 aliphatic rings. The number of piperidine rings is 1. The third-order valence-corrected chi connectivity index (χ3v) is 4.27. The summed E-state index contributed by atoms with van der Waals surface area (Å²) in [7, 11) is 0. The Labute approximate surface area is 134 Å². The molecule has 2 heteroatoms. The summed E-state index contributed by atoms with van der Waals surface area (Å²) in [5.74, 6) is 1.56. The van der Waals surface area contributed by atoms with Crippen LogP contribution in [0.3, 0.4) is 0 Å². The molecule has 3 rings (SSSR count). The Balaban J connectivity index is 0.00000161. The highest BCUT2D eigenvalue weighted by Gasteiger charge is 2.21. The Bertz CT molecular complexity index is 464. The van der Waals surface area contributed by atoms with Crippen molar-refractivity contribution in [2.75, 3.05) is 13.1 Å². The molecule has 112 valence electrons. The van der Waals surface area contributed by atoms with E-state index in [0.717, 1.165) is 11.8 Å². The SMILES string of the molecule is Cl.c1ccc(CC2CNCC(Cc3ccccc3)C2)cc1. The largest absolute Gasteiger partial charge is 0.316 e. The maximum atomic E-state index is 3.63. The van der Waals surface area contributed by atoms with E-state index in [9.17, 15) is 0 Å². The monoisotopic (exact) mass is 301 g/mol. The molecule has 0 spiro atoms. The van der Waals surface area contributed by atoms with Gasteiger partial charge in [0.2, 0.25) is 0 Å². The van der Waals surface area contributed by atoms with Gasteiger partial charge in [-0.15, -0.1) is 12.4 Å². The van der Waals surface area contributed by atoms with Crippen LogP contribution in [0.2, 0.25) is 0 Å². The zero-order valence-electron chi connectivity index (χ0n) is 12.4. The Hall–Kier alpha value is -1.31. The second kappa shape index (κ2) is 8.21. The first kappa shape index (κ1) is 16.1. The molecule has 0 radical (unpaired) electrons. The minimum atomic E-state index is 0. The third kappa shape index (κ3) is 4.87. The molecule has 0 saturated carbocycles. The van der Waals surface area contributed by atoms with Crippen LogP contribution in [0.25, 0.3) is 0 Å². The van der Waals surface area contributed by atoms with Gasteiger partial charge in [-0.05, 0) is 55.3 Å². The second-order valence-corrected chi connectivity index (χ2v) is 6.01. The number of halogens is 1. The van der Waals surface area contributed by atoms with E-state index < -0.39 is 0 Å². The molecule has 2 aromatic carbocycles. The molecule has 2 atom stereocenters. The van der Waals surface area contributed by atoms with E-state index in [4.69, 9.17) is 0 Å². The molecule has 1 aliphatic heterocycles. The van der Waals surface area contributed by atoms with Crippen LogP contribution < -0.4 is 5.32 Å². The van der Waals surface area contributed by atoms with E-state index in [0.29, 0.717) is 0 Å². The fraction of sp³-hybridized carbons (Fsp3) is 0.368. The molecule has 2 aromatic rings. The van der Waals surface area contributed by atoms with E-state index in [1.165, 1.54) is 43.5 Å². The van der Waals surface area contributed by atoms with E-state index in [-0.39, 0.29) is 12.4 Å². The molecule has 0 bridgehead atoms. The summed E-state index contributed by atoms with van der Waals surface area (Å²) < 4.78 is 0. The normalized spacial score (nSPS) is 21.5. The van der Waals surface area contributed by atoms with Crippen LogP contribution in [0.4, 0.5) is 0 Å². The van der Waals surface area contributed by atoms with Crippen LogP contribution in [0, 0.1) is 11.8 Å². The minimum absolute atomic E-state index is 0. The molecule has 0 aromatic heterocycles. The molecule has 0 aliphatic carbocycles. The van der Waals surface area contributed by atoms with Crippen molar-refractivity contribution in [1.29, 1.82) is 0 Å². The van der Waals surface area contributed by atoms with E-state index >= 15 is 0 Å². The topological polar surface area (TPSA) is 12.0 Å². The Morgan fingerprint density at radius 2 is 1.14 bits per heavy atom. The smallest absolute Gasteiger partial charge is 0.00171 e. The van der Waals surface area contributed by atoms with E-state index in [1.807, 2.05) is 0 Å². The molecule has 2 unspecified atom stereocenters. The number of hydrogen-bond donors (Lipinski definition) is 1. The zero-order chi connectivity index (χ0) is 13.6. The van der Waals surface area contributed by atoms with Gasteiger partial charge >= 0.3 is 0 Å². The summed E-state index contributed by atoms with van der Waals surface area (Å²) in [5.41, 5.74) is 2.94. The summed E-state index contributed by atoms with van der Waals surface area (Å²) in [5, 5.41) is 3.63. The summed E-state index contributed by atoms with van der Waals surface area (Å²) in [6, 6.07) is 21.8. The quantitative estimate of drug-likeness (QED) is 0.896. The van der Waals surface area contributed by atoms with Gasteiger partial charge in [-0.1, -0.05) is 60.7 Å². The van der Waals surface area contributed by atoms with Crippen molar-refractivity contribution in [2.45, 2.75) is 19.3 Å². The van der Waals surface area contributed by atoms with Gasteiger partial charge in [0.25, 0.3) is 0 Å². The molecule has 1 fully saturated rings.